The number of ether oxygens (including phenoxy) is 1. The second kappa shape index (κ2) is 3.71. The molecule has 0 aromatic rings. The second-order valence-corrected chi connectivity index (χ2v) is 8.50. The summed E-state index contributed by atoms with van der Waals surface area (Å²) in [4.78, 5) is 0. The fraction of sp³-hybridized carbons (Fsp3) is 1.00. The summed E-state index contributed by atoms with van der Waals surface area (Å²) in [6.07, 6.45) is 3.20. The van der Waals surface area contributed by atoms with Crippen LogP contribution in [-0.4, -0.2) is 75.0 Å². The summed E-state index contributed by atoms with van der Waals surface area (Å²) in [5.41, 5.74) is 0.224. The zero-order chi connectivity index (χ0) is 13.2. The van der Waals surface area contributed by atoms with Crippen molar-refractivity contribution in [2.45, 2.75) is 31.5 Å². The Hall–Kier alpha value is -0.120. The minimum atomic E-state index is 0.224. The van der Waals surface area contributed by atoms with Crippen molar-refractivity contribution in [1.29, 1.82) is 0 Å². The van der Waals surface area contributed by atoms with Gasteiger partial charge in [0.25, 0.3) is 0 Å². The number of hydrogen-bond acceptors (Lipinski definition) is 1. The first-order valence-electron chi connectivity index (χ1n) is 7.53. The molecular weight excluding hydrogens is 224 g/mol. The summed E-state index contributed by atoms with van der Waals surface area (Å²) in [5.74, 6) is 1.68. The van der Waals surface area contributed by atoms with Gasteiger partial charge < -0.3 is 13.7 Å². The van der Waals surface area contributed by atoms with Gasteiger partial charge in [-0.1, -0.05) is 0 Å². The number of rotatable bonds is 3. The molecule has 3 heterocycles. The molecule has 18 heavy (non-hydrogen) atoms. The van der Waals surface area contributed by atoms with E-state index in [1.165, 1.54) is 43.5 Å². The van der Waals surface area contributed by atoms with Crippen LogP contribution >= 0.6 is 0 Å². The lowest BCUT2D eigenvalue weighted by molar-refractivity contribution is -0.943. The van der Waals surface area contributed by atoms with E-state index in [2.05, 4.69) is 35.1 Å². The van der Waals surface area contributed by atoms with Crippen molar-refractivity contribution in [2.24, 2.45) is 11.8 Å². The van der Waals surface area contributed by atoms with Crippen LogP contribution in [0, 0.1) is 11.8 Å². The van der Waals surface area contributed by atoms with Crippen LogP contribution in [0.4, 0.5) is 0 Å². The van der Waals surface area contributed by atoms with Gasteiger partial charge in [0.05, 0.1) is 53.0 Å². The molecule has 3 rings (SSSR count). The Kier molecular flexibility index (Phi) is 2.66. The minimum Gasteiger partial charge on any atom is -0.371 e. The molecule has 5 unspecified atom stereocenters. The average molecular weight is 254 g/mol. The molecule has 3 nitrogen and oxygen atoms in total. The van der Waals surface area contributed by atoms with Crippen molar-refractivity contribution in [3.8, 4) is 0 Å². The Morgan fingerprint density at radius 2 is 2.00 bits per heavy atom. The fourth-order valence-electron chi connectivity index (χ4n) is 4.53. The molecule has 5 atom stereocenters. The van der Waals surface area contributed by atoms with E-state index in [9.17, 15) is 0 Å². The van der Waals surface area contributed by atoms with Gasteiger partial charge in [0.1, 0.15) is 13.1 Å². The molecule has 0 amide bonds. The smallest absolute Gasteiger partial charge is 0.128 e. The highest BCUT2D eigenvalue weighted by Gasteiger charge is 2.63. The molecule has 2 bridgehead atoms. The van der Waals surface area contributed by atoms with E-state index in [0.717, 1.165) is 16.3 Å². The van der Waals surface area contributed by atoms with Crippen molar-refractivity contribution in [1.82, 2.24) is 0 Å². The van der Waals surface area contributed by atoms with Crippen molar-refractivity contribution < 1.29 is 13.7 Å². The summed E-state index contributed by atoms with van der Waals surface area (Å²) < 4.78 is 8.61. The average Bonchev–Trinajstić information content (AvgIpc) is 2.83. The van der Waals surface area contributed by atoms with Crippen LogP contribution < -0.4 is 0 Å². The van der Waals surface area contributed by atoms with Gasteiger partial charge in [0.15, 0.2) is 0 Å². The quantitative estimate of drug-likeness (QED) is 0.691. The molecule has 3 fully saturated rings. The van der Waals surface area contributed by atoms with Gasteiger partial charge in [0, 0.05) is 11.8 Å². The van der Waals surface area contributed by atoms with Gasteiger partial charge in [-0.15, -0.1) is 0 Å². The number of nitrogens with zero attached hydrogens (tertiary/aromatic N) is 2. The van der Waals surface area contributed by atoms with Crippen molar-refractivity contribution in [3.05, 3.63) is 0 Å². The van der Waals surface area contributed by atoms with Crippen LogP contribution in [0.25, 0.3) is 0 Å². The van der Waals surface area contributed by atoms with Crippen molar-refractivity contribution >= 4 is 0 Å². The second-order valence-electron chi connectivity index (χ2n) is 8.50. The number of likely N-dealkylation sites (tertiary alicyclic amines) is 1. The van der Waals surface area contributed by atoms with Gasteiger partial charge in [0.2, 0.25) is 0 Å². The van der Waals surface area contributed by atoms with Crippen molar-refractivity contribution in [3.63, 3.8) is 0 Å². The first-order valence-corrected chi connectivity index (χ1v) is 7.53. The maximum atomic E-state index is 6.25. The van der Waals surface area contributed by atoms with E-state index in [1.54, 1.807) is 0 Å². The summed E-state index contributed by atoms with van der Waals surface area (Å²) in [6.45, 7) is 7.66. The van der Waals surface area contributed by atoms with E-state index in [1.807, 2.05) is 0 Å². The van der Waals surface area contributed by atoms with Crippen LogP contribution in [0.5, 0.6) is 0 Å². The van der Waals surface area contributed by atoms with Gasteiger partial charge in [-0.3, -0.25) is 0 Å². The molecule has 0 saturated carbocycles. The lowest BCUT2D eigenvalue weighted by atomic mass is 9.75. The standard InChI is InChI=1S/C15H30N2O/c1-15-7-6-14(18-15)12-10-17(5,11-13(12)15)9-8-16(2,3)4/h12-14H,6-11H2,1-5H3/q+2. The Balaban J connectivity index is 1.68. The molecule has 0 aliphatic carbocycles. The summed E-state index contributed by atoms with van der Waals surface area (Å²) in [6, 6.07) is 0. The Morgan fingerprint density at radius 3 is 2.61 bits per heavy atom. The molecule has 0 radical (unpaired) electrons. The van der Waals surface area contributed by atoms with Crippen molar-refractivity contribution in [2.75, 3.05) is 54.4 Å². The minimum absolute atomic E-state index is 0.224. The zero-order valence-corrected chi connectivity index (χ0v) is 12.8. The third-order valence-corrected chi connectivity index (χ3v) is 5.72. The van der Waals surface area contributed by atoms with E-state index in [-0.39, 0.29) is 5.60 Å². The van der Waals surface area contributed by atoms with E-state index < -0.39 is 0 Å². The summed E-state index contributed by atoms with van der Waals surface area (Å²) in [5, 5.41) is 0. The summed E-state index contributed by atoms with van der Waals surface area (Å²) >= 11 is 0. The van der Waals surface area contributed by atoms with E-state index >= 15 is 0 Å². The van der Waals surface area contributed by atoms with E-state index in [4.69, 9.17) is 4.74 Å². The normalized spacial score (nSPS) is 50.8. The molecule has 3 saturated heterocycles. The van der Waals surface area contributed by atoms with E-state index in [0.29, 0.717) is 6.10 Å². The molecule has 0 aromatic heterocycles. The number of fused-ring (bicyclic) bond motifs is 5. The van der Waals surface area contributed by atoms with Crippen LogP contribution in [0.1, 0.15) is 19.8 Å². The predicted octanol–water partition coefficient (Wildman–Crippen LogP) is 1.34. The van der Waals surface area contributed by atoms with Crippen LogP contribution in [0.15, 0.2) is 0 Å². The van der Waals surface area contributed by atoms with Gasteiger partial charge in [-0.2, -0.15) is 0 Å². The van der Waals surface area contributed by atoms with Crippen LogP contribution in [0.3, 0.4) is 0 Å². The molecule has 3 aliphatic rings. The molecule has 104 valence electrons. The number of quaternary nitrogens is 2. The monoisotopic (exact) mass is 254 g/mol. The van der Waals surface area contributed by atoms with Gasteiger partial charge in [-0.05, 0) is 19.8 Å². The summed E-state index contributed by atoms with van der Waals surface area (Å²) in [7, 11) is 9.38. The molecule has 3 heteroatoms. The first kappa shape index (κ1) is 12.9. The lowest BCUT2D eigenvalue weighted by Gasteiger charge is -2.35. The maximum absolute atomic E-state index is 6.25. The number of hydrogen-bond donors (Lipinski definition) is 0. The van der Waals surface area contributed by atoms with Gasteiger partial charge >= 0.3 is 0 Å². The topological polar surface area (TPSA) is 9.23 Å². The Labute approximate surface area is 112 Å². The lowest BCUT2D eigenvalue weighted by Crippen LogP contribution is -2.51. The highest BCUT2D eigenvalue weighted by atomic mass is 16.5. The third kappa shape index (κ3) is 2.00. The Bertz CT molecular complexity index is 351. The third-order valence-electron chi connectivity index (χ3n) is 5.72. The Morgan fingerprint density at radius 1 is 1.28 bits per heavy atom. The zero-order valence-electron chi connectivity index (χ0n) is 12.8. The SMILES string of the molecule is CC12CCC(O1)C1C[N+](C)(CC[N+](C)(C)C)CC12. The van der Waals surface area contributed by atoms with Crippen LogP contribution in [-0.2, 0) is 4.74 Å². The molecule has 0 spiro atoms. The van der Waals surface area contributed by atoms with Crippen LogP contribution in [0.2, 0.25) is 0 Å². The maximum Gasteiger partial charge on any atom is 0.128 e. The molecular formula is C15H30N2O+2. The largest absolute Gasteiger partial charge is 0.371 e. The van der Waals surface area contributed by atoms with Gasteiger partial charge in [-0.25, -0.2) is 0 Å². The molecule has 0 N–H and O–H groups in total. The first-order chi connectivity index (χ1) is 8.21. The molecule has 3 aliphatic heterocycles. The fourth-order valence-corrected chi connectivity index (χ4v) is 4.53. The highest BCUT2D eigenvalue weighted by Crippen LogP contribution is 2.55. The molecule has 0 aromatic carbocycles. The highest BCUT2D eigenvalue weighted by molar-refractivity contribution is 5.06. The number of likely N-dealkylation sites (N-methyl/N-ethyl adjacent to an activating group) is 2. The predicted molar refractivity (Wildman–Crippen MR) is 73.2 cm³/mol.